The van der Waals surface area contributed by atoms with Gasteiger partial charge in [0.05, 0.1) is 12.2 Å². The van der Waals surface area contributed by atoms with Crippen LogP contribution in [-0.4, -0.2) is 37.5 Å². The molecule has 0 amide bonds. The topological polar surface area (TPSA) is 79.6 Å². The second kappa shape index (κ2) is 6.40. The van der Waals surface area contributed by atoms with Gasteiger partial charge in [0.15, 0.2) is 0 Å². The minimum atomic E-state index is -0.744. The van der Waals surface area contributed by atoms with Gasteiger partial charge >= 0.3 is 11.9 Å². The average molecular weight is 262 g/mol. The molecule has 0 fully saturated rings. The molecule has 0 aromatic rings. The van der Waals surface area contributed by atoms with Gasteiger partial charge in [-0.25, -0.2) is 9.59 Å². The van der Waals surface area contributed by atoms with Gasteiger partial charge in [-0.2, -0.15) is 5.26 Å². The van der Waals surface area contributed by atoms with Gasteiger partial charge in [-0.3, -0.25) is 0 Å². The number of rotatable bonds is 4. The molecule has 19 heavy (non-hydrogen) atoms. The van der Waals surface area contributed by atoms with Crippen LogP contribution < -0.4 is 0 Å². The summed E-state index contributed by atoms with van der Waals surface area (Å²) >= 11 is 0. The second-order valence-electron chi connectivity index (χ2n) is 3.87. The number of nitrogens with zero attached hydrogens (tertiary/aromatic N) is 2. The molecule has 1 heterocycles. The number of carbonyl (C=O) groups is 2. The molecule has 1 rings (SSSR count). The summed E-state index contributed by atoms with van der Waals surface area (Å²) in [5.41, 5.74) is 0.129. The first-order valence-corrected chi connectivity index (χ1v) is 5.59. The molecule has 0 radical (unpaired) electrons. The normalized spacial score (nSPS) is 16.7. The molecular weight excluding hydrogens is 248 g/mol. The Labute approximate surface area is 111 Å². The Morgan fingerprint density at radius 2 is 2.26 bits per heavy atom. The highest BCUT2D eigenvalue weighted by Gasteiger charge is 2.21. The SMILES string of the molecule is CCOC(=O)/C(C#N)=C/C1=CC(=C\N(C)C)/C(=O)O1. The molecule has 0 spiro atoms. The van der Waals surface area contributed by atoms with E-state index in [-0.39, 0.29) is 17.9 Å². The zero-order valence-electron chi connectivity index (χ0n) is 11.0. The molecule has 0 saturated heterocycles. The fourth-order valence-corrected chi connectivity index (χ4v) is 1.33. The summed E-state index contributed by atoms with van der Waals surface area (Å²) < 4.78 is 9.63. The number of hydrogen-bond acceptors (Lipinski definition) is 6. The van der Waals surface area contributed by atoms with Crippen molar-refractivity contribution in [3.63, 3.8) is 0 Å². The van der Waals surface area contributed by atoms with Crippen LogP contribution in [0.4, 0.5) is 0 Å². The molecule has 0 bridgehead atoms. The largest absolute Gasteiger partial charge is 0.462 e. The number of hydrogen-bond donors (Lipinski definition) is 0. The van der Waals surface area contributed by atoms with Gasteiger partial charge in [-0.15, -0.1) is 0 Å². The van der Waals surface area contributed by atoms with E-state index in [9.17, 15) is 9.59 Å². The molecule has 1 aliphatic heterocycles. The Balaban J connectivity index is 2.96. The van der Waals surface area contributed by atoms with Crippen molar-refractivity contribution in [1.82, 2.24) is 4.90 Å². The third kappa shape index (κ3) is 4.00. The lowest BCUT2D eigenvalue weighted by Gasteiger charge is -2.03. The Bertz CT molecular complexity index is 521. The smallest absolute Gasteiger partial charge is 0.349 e. The van der Waals surface area contributed by atoms with Crippen LogP contribution in [0.15, 0.2) is 35.3 Å². The Kier molecular flexibility index (Phi) is 4.89. The van der Waals surface area contributed by atoms with E-state index in [0.29, 0.717) is 5.57 Å². The highest BCUT2D eigenvalue weighted by atomic mass is 16.5. The van der Waals surface area contributed by atoms with Gasteiger partial charge in [0.25, 0.3) is 0 Å². The van der Waals surface area contributed by atoms with Gasteiger partial charge in [0.1, 0.15) is 17.4 Å². The molecule has 0 atom stereocenters. The predicted molar refractivity (Wildman–Crippen MR) is 66.3 cm³/mol. The summed E-state index contributed by atoms with van der Waals surface area (Å²) in [6, 6.07) is 1.71. The molecule has 1 aliphatic rings. The Morgan fingerprint density at radius 3 is 2.79 bits per heavy atom. The maximum atomic E-state index is 11.5. The van der Waals surface area contributed by atoms with Crippen LogP contribution in [0.3, 0.4) is 0 Å². The second-order valence-corrected chi connectivity index (χ2v) is 3.87. The summed E-state index contributed by atoms with van der Waals surface area (Å²) in [7, 11) is 3.53. The van der Waals surface area contributed by atoms with Crippen molar-refractivity contribution in [2.75, 3.05) is 20.7 Å². The van der Waals surface area contributed by atoms with Crippen LogP contribution in [-0.2, 0) is 19.1 Å². The van der Waals surface area contributed by atoms with Crippen LogP contribution in [0, 0.1) is 11.3 Å². The number of allylic oxidation sites excluding steroid dienone is 1. The summed E-state index contributed by atoms with van der Waals surface area (Å²) in [4.78, 5) is 24.6. The molecule has 6 heteroatoms. The summed E-state index contributed by atoms with van der Waals surface area (Å²) in [6.07, 6.45) is 4.23. The lowest BCUT2D eigenvalue weighted by atomic mass is 10.2. The van der Waals surface area contributed by atoms with E-state index < -0.39 is 11.9 Å². The van der Waals surface area contributed by atoms with E-state index in [1.54, 1.807) is 38.2 Å². The number of nitriles is 1. The van der Waals surface area contributed by atoms with Crippen molar-refractivity contribution in [1.29, 1.82) is 5.26 Å². The molecule has 0 saturated carbocycles. The molecule has 0 N–H and O–H groups in total. The number of ether oxygens (including phenoxy) is 2. The fourth-order valence-electron chi connectivity index (χ4n) is 1.33. The van der Waals surface area contributed by atoms with Gasteiger partial charge in [0, 0.05) is 26.4 Å². The van der Waals surface area contributed by atoms with Crippen molar-refractivity contribution in [2.45, 2.75) is 6.92 Å². The maximum absolute atomic E-state index is 11.5. The minimum Gasteiger partial charge on any atom is -0.462 e. The van der Waals surface area contributed by atoms with Crippen molar-refractivity contribution < 1.29 is 19.1 Å². The number of esters is 2. The molecule has 0 aliphatic carbocycles. The Hall–Kier alpha value is -2.55. The number of carbonyl (C=O) groups excluding carboxylic acids is 2. The molecule has 0 unspecified atom stereocenters. The van der Waals surface area contributed by atoms with Crippen LogP contribution in [0.25, 0.3) is 0 Å². The van der Waals surface area contributed by atoms with Gasteiger partial charge in [-0.05, 0) is 13.0 Å². The average Bonchev–Trinajstić information content (AvgIpc) is 2.66. The first-order chi connectivity index (χ1) is 8.97. The summed E-state index contributed by atoms with van der Waals surface area (Å²) in [6.45, 7) is 1.81. The third-order valence-electron chi connectivity index (χ3n) is 2.04. The van der Waals surface area contributed by atoms with Crippen LogP contribution >= 0.6 is 0 Å². The predicted octanol–water partition coefficient (Wildman–Crippen LogP) is 0.886. The molecular formula is C13H14N2O4. The van der Waals surface area contributed by atoms with Crippen LogP contribution in [0.5, 0.6) is 0 Å². The first-order valence-electron chi connectivity index (χ1n) is 5.59. The highest BCUT2D eigenvalue weighted by molar-refractivity contribution is 5.97. The quantitative estimate of drug-likeness (QED) is 0.425. The zero-order chi connectivity index (χ0) is 14.4. The van der Waals surface area contributed by atoms with E-state index in [1.165, 1.54) is 12.2 Å². The van der Waals surface area contributed by atoms with Gasteiger partial charge in [0.2, 0.25) is 0 Å². The lowest BCUT2D eigenvalue weighted by Crippen LogP contribution is -2.07. The number of cyclic esters (lactones) is 1. The summed E-state index contributed by atoms with van der Waals surface area (Å²) in [5, 5.41) is 8.85. The van der Waals surface area contributed by atoms with Gasteiger partial charge < -0.3 is 14.4 Å². The minimum absolute atomic E-state index is 0.141. The third-order valence-corrected chi connectivity index (χ3v) is 2.04. The fraction of sp³-hybridized carbons (Fsp3) is 0.308. The molecule has 0 aromatic heterocycles. The lowest BCUT2D eigenvalue weighted by molar-refractivity contribution is -0.138. The monoisotopic (exact) mass is 262 g/mol. The van der Waals surface area contributed by atoms with Gasteiger partial charge in [-0.1, -0.05) is 0 Å². The maximum Gasteiger partial charge on any atom is 0.349 e. The van der Waals surface area contributed by atoms with E-state index >= 15 is 0 Å². The van der Waals surface area contributed by atoms with Crippen molar-refractivity contribution in [3.05, 3.63) is 35.3 Å². The standard InChI is InChI=1S/C13H14N2O4/c1-4-18-12(16)9(7-14)5-11-6-10(8-15(2)3)13(17)19-11/h5-6,8H,4H2,1-3H3/b9-5+,10-8+. The van der Waals surface area contributed by atoms with Crippen LogP contribution in [0.1, 0.15) is 6.92 Å². The summed E-state index contributed by atoms with van der Waals surface area (Å²) in [5.74, 6) is -1.13. The molecule has 100 valence electrons. The highest BCUT2D eigenvalue weighted by Crippen LogP contribution is 2.19. The molecule has 0 aromatic carbocycles. The first kappa shape index (κ1) is 14.5. The van der Waals surface area contributed by atoms with Crippen molar-refractivity contribution in [3.8, 4) is 6.07 Å². The van der Waals surface area contributed by atoms with Crippen LogP contribution in [0.2, 0.25) is 0 Å². The van der Waals surface area contributed by atoms with Crippen molar-refractivity contribution in [2.24, 2.45) is 0 Å². The van der Waals surface area contributed by atoms with E-state index in [4.69, 9.17) is 14.7 Å². The van der Waals surface area contributed by atoms with E-state index in [2.05, 4.69) is 0 Å². The van der Waals surface area contributed by atoms with E-state index in [0.717, 1.165) is 0 Å². The van der Waals surface area contributed by atoms with Crippen molar-refractivity contribution >= 4 is 11.9 Å². The Morgan fingerprint density at radius 1 is 1.58 bits per heavy atom. The van der Waals surface area contributed by atoms with E-state index in [1.807, 2.05) is 0 Å². The molecule has 6 nitrogen and oxygen atoms in total. The zero-order valence-corrected chi connectivity index (χ0v) is 11.0.